The predicted molar refractivity (Wildman–Crippen MR) is 89.1 cm³/mol. The van der Waals surface area contributed by atoms with Crippen molar-refractivity contribution in [2.45, 2.75) is 32.5 Å². The predicted octanol–water partition coefficient (Wildman–Crippen LogP) is 3.78. The van der Waals surface area contributed by atoms with E-state index in [-0.39, 0.29) is 0 Å². The molecular weight excluding hydrogens is 272 g/mol. The minimum Gasteiger partial charge on any atom is -0.489 e. The molecular formula is C19H20N2O. The molecule has 3 nitrogen and oxygen atoms in total. The molecule has 2 aromatic carbocycles. The van der Waals surface area contributed by atoms with Crippen molar-refractivity contribution in [1.29, 1.82) is 0 Å². The van der Waals surface area contributed by atoms with Crippen LogP contribution in [0.4, 0.5) is 0 Å². The van der Waals surface area contributed by atoms with E-state index in [1.807, 2.05) is 24.3 Å². The number of ether oxygens (including phenoxy) is 1. The summed E-state index contributed by atoms with van der Waals surface area (Å²) in [5.41, 5.74) is 5.14. The van der Waals surface area contributed by atoms with Crippen molar-refractivity contribution in [3.8, 4) is 5.75 Å². The van der Waals surface area contributed by atoms with Crippen molar-refractivity contribution in [2.24, 2.45) is 0 Å². The number of H-pyrrole nitrogens is 1. The van der Waals surface area contributed by atoms with Gasteiger partial charge in [-0.1, -0.05) is 30.3 Å². The lowest BCUT2D eigenvalue weighted by Gasteiger charge is -2.20. The minimum atomic E-state index is 0.528. The topological polar surface area (TPSA) is 37.0 Å². The average molecular weight is 292 g/mol. The standard InChI is InChI=1S/C19H20N2O/c1-13-9-16-17-10-15(22-12-14-5-3-2-4-6-14)7-8-18(17)21-19(16)11-20-13/h2-8,10,13,20-21H,9,11-12H2,1H3. The summed E-state index contributed by atoms with van der Waals surface area (Å²) in [6, 6.07) is 17.2. The van der Waals surface area contributed by atoms with E-state index in [0.29, 0.717) is 12.6 Å². The molecule has 3 heteroatoms. The smallest absolute Gasteiger partial charge is 0.120 e. The first-order chi connectivity index (χ1) is 10.8. The zero-order valence-corrected chi connectivity index (χ0v) is 12.7. The summed E-state index contributed by atoms with van der Waals surface area (Å²) in [7, 11) is 0. The molecule has 3 aromatic rings. The van der Waals surface area contributed by atoms with Crippen LogP contribution in [0.2, 0.25) is 0 Å². The van der Waals surface area contributed by atoms with Gasteiger partial charge in [-0.2, -0.15) is 0 Å². The molecule has 1 aliphatic rings. The van der Waals surface area contributed by atoms with Gasteiger partial charge < -0.3 is 15.0 Å². The van der Waals surface area contributed by atoms with Crippen molar-refractivity contribution in [3.05, 3.63) is 65.4 Å². The van der Waals surface area contributed by atoms with E-state index in [9.17, 15) is 0 Å². The molecule has 0 aliphatic carbocycles. The van der Waals surface area contributed by atoms with Crippen LogP contribution < -0.4 is 10.1 Å². The number of benzene rings is 2. The van der Waals surface area contributed by atoms with Crippen LogP contribution in [0.25, 0.3) is 10.9 Å². The second kappa shape index (κ2) is 5.50. The maximum atomic E-state index is 5.96. The zero-order chi connectivity index (χ0) is 14.9. The second-order valence-electron chi connectivity index (χ2n) is 6.05. The molecule has 1 aliphatic heterocycles. The van der Waals surface area contributed by atoms with Crippen LogP contribution >= 0.6 is 0 Å². The summed E-state index contributed by atoms with van der Waals surface area (Å²) < 4.78 is 5.96. The number of aromatic amines is 1. The molecule has 0 saturated carbocycles. The Morgan fingerprint density at radius 3 is 2.86 bits per heavy atom. The summed E-state index contributed by atoms with van der Waals surface area (Å²) in [5, 5.41) is 4.80. The summed E-state index contributed by atoms with van der Waals surface area (Å²) >= 11 is 0. The Morgan fingerprint density at radius 2 is 2.00 bits per heavy atom. The molecule has 1 unspecified atom stereocenters. The van der Waals surface area contributed by atoms with Gasteiger partial charge >= 0.3 is 0 Å². The monoisotopic (exact) mass is 292 g/mol. The van der Waals surface area contributed by atoms with E-state index >= 15 is 0 Å². The third kappa shape index (κ3) is 2.48. The van der Waals surface area contributed by atoms with E-state index in [2.05, 4.69) is 41.5 Å². The minimum absolute atomic E-state index is 0.528. The lowest BCUT2D eigenvalue weighted by Crippen LogP contribution is -2.32. The molecule has 0 radical (unpaired) electrons. The van der Waals surface area contributed by atoms with Gasteiger partial charge in [0.2, 0.25) is 0 Å². The Morgan fingerprint density at radius 1 is 1.14 bits per heavy atom. The molecule has 22 heavy (non-hydrogen) atoms. The van der Waals surface area contributed by atoms with E-state index in [0.717, 1.165) is 18.7 Å². The van der Waals surface area contributed by atoms with E-state index in [4.69, 9.17) is 4.74 Å². The Kier molecular flexibility index (Phi) is 3.35. The van der Waals surface area contributed by atoms with Crippen LogP contribution in [-0.4, -0.2) is 11.0 Å². The van der Waals surface area contributed by atoms with E-state index < -0.39 is 0 Å². The number of hydrogen-bond acceptors (Lipinski definition) is 2. The van der Waals surface area contributed by atoms with Crippen LogP contribution in [0.3, 0.4) is 0 Å². The van der Waals surface area contributed by atoms with Gasteiger partial charge in [0, 0.05) is 29.2 Å². The SMILES string of the molecule is CC1Cc2c([nH]c3ccc(OCc4ccccc4)cc23)CN1. The molecule has 4 rings (SSSR count). The molecule has 112 valence electrons. The van der Waals surface area contributed by atoms with Crippen molar-refractivity contribution < 1.29 is 4.74 Å². The van der Waals surface area contributed by atoms with Crippen LogP contribution in [0, 0.1) is 0 Å². The Labute approximate surface area is 130 Å². The molecule has 0 fully saturated rings. The number of hydrogen-bond donors (Lipinski definition) is 2. The Bertz CT molecular complexity index is 792. The maximum Gasteiger partial charge on any atom is 0.120 e. The highest BCUT2D eigenvalue weighted by atomic mass is 16.5. The molecule has 0 spiro atoms. The summed E-state index contributed by atoms with van der Waals surface area (Å²) in [6.45, 7) is 3.76. The molecule has 1 aromatic heterocycles. The normalized spacial score (nSPS) is 17.4. The van der Waals surface area contributed by atoms with E-state index in [1.54, 1.807) is 0 Å². The molecule has 0 amide bonds. The summed E-state index contributed by atoms with van der Waals surface area (Å²) in [5.74, 6) is 0.935. The summed E-state index contributed by atoms with van der Waals surface area (Å²) in [6.07, 6.45) is 1.07. The number of rotatable bonds is 3. The molecule has 2 heterocycles. The third-order valence-electron chi connectivity index (χ3n) is 4.35. The highest BCUT2D eigenvalue weighted by Crippen LogP contribution is 2.29. The van der Waals surface area contributed by atoms with Crippen LogP contribution in [0.5, 0.6) is 5.75 Å². The van der Waals surface area contributed by atoms with Gasteiger partial charge in [-0.15, -0.1) is 0 Å². The molecule has 1 atom stereocenters. The van der Waals surface area contributed by atoms with Crippen molar-refractivity contribution in [3.63, 3.8) is 0 Å². The van der Waals surface area contributed by atoms with Crippen LogP contribution in [0.1, 0.15) is 23.7 Å². The van der Waals surface area contributed by atoms with Gasteiger partial charge in [-0.3, -0.25) is 0 Å². The number of nitrogens with one attached hydrogen (secondary N) is 2. The molecule has 0 saturated heterocycles. The van der Waals surface area contributed by atoms with Gasteiger partial charge in [0.25, 0.3) is 0 Å². The number of aromatic nitrogens is 1. The molecule has 2 N–H and O–H groups in total. The first-order valence-electron chi connectivity index (χ1n) is 7.83. The highest BCUT2D eigenvalue weighted by molar-refractivity contribution is 5.86. The second-order valence-corrected chi connectivity index (χ2v) is 6.05. The van der Waals surface area contributed by atoms with E-state index in [1.165, 1.54) is 27.7 Å². The fourth-order valence-corrected chi connectivity index (χ4v) is 3.15. The van der Waals surface area contributed by atoms with Crippen LogP contribution in [0.15, 0.2) is 48.5 Å². The van der Waals surface area contributed by atoms with Gasteiger partial charge in [-0.05, 0) is 42.7 Å². The van der Waals surface area contributed by atoms with Crippen LogP contribution in [-0.2, 0) is 19.6 Å². The van der Waals surface area contributed by atoms with Crippen molar-refractivity contribution >= 4 is 10.9 Å². The quantitative estimate of drug-likeness (QED) is 0.771. The summed E-state index contributed by atoms with van der Waals surface area (Å²) in [4.78, 5) is 3.52. The fraction of sp³-hybridized carbons (Fsp3) is 0.263. The Hall–Kier alpha value is -2.26. The first kappa shape index (κ1) is 13.4. The maximum absolute atomic E-state index is 5.96. The fourth-order valence-electron chi connectivity index (χ4n) is 3.15. The lowest BCUT2D eigenvalue weighted by molar-refractivity contribution is 0.306. The van der Waals surface area contributed by atoms with Gasteiger partial charge in [0.15, 0.2) is 0 Å². The third-order valence-corrected chi connectivity index (χ3v) is 4.35. The highest BCUT2D eigenvalue weighted by Gasteiger charge is 2.19. The number of fused-ring (bicyclic) bond motifs is 3. The van der Waals surface area contributed by atoms with Gasteiger partial charge in [-0.25, -0.2) is 0 Å². The zero-order valence-electron chi connectivity index (χ0n) is 12.7. The average Bonchev–Trinajstić information content (AvgIpc) is 2.91. The largest absolute Gasteiger partial charge is 0.489 e. The first-order valence-corrected chi connectivity index (χ1v) is 7.83. The van der Waals surface area contributed by atoms with Gasteiger partial charge in [0.1, 0.15) is 12.4 Å². The Balaban J connectivity index is 1.61. The van der Waals surface area contributed by atoms with Gasteiger partial charge in [0.05, 0.1) is 0 Å². The lowest BCUT2D eigenvalue weighted by atomic mass is 9.99. The van der Waals surface area contributed by atoms with Crippen molar-refractivity contribution in [2.75, 3.05) is 0 Å². The van der Waals surface area contributed by atoms with Crippen molar-refractivity contribution in [1.82, 2.24) is 10.3 Å². The molecule has 0 bridgehead atoms.